The Morgan fingerprint density at radius 1 is 1.45 bits per heavy atom. The number of nitrogens with zero attached hydrogens (tertiary/aromatic N) is 2. The normalized spacial score (nSPS) is 12.3. The fourth-order valence-corrected chi connectivity index (χ4v) is 2.14. The van der Waals surface area contributed by atoms with Crippen molar-refractivity contribution in [1.29, 1.82) is 0 Å². The molecular weight excluding hydrogens is 278 g/mol. The second-order valence-electron chi connectivity index (χ2n) is 4.56. The zero-order chi connectivity index (χ0) is 14.5. The lowest BCUT2D eigenvalue weighted by molar-refractivity contribution is -0.138. The number of hydrogen-bond acceptors (Lipinski definition) is 4. The van der Waals surface area contributed by atoms with Gasteiger partial charge in [0.25, 0.3) is 0 Å². The molecule has 1 atom stereocenters. The van der Waals surface area contributed by atoms with E-state index in [0.29, 0.717) is 22.8 Å². The monoisotopic (exact) mass is 293 g/mol. The van der Waals surface area contributed by atoms with Crippen LogP contribution in [0.2, 0.25) is 5.02 Å². The zero-order valence-electron chi connectivity index (χ0n) is 11.1. The van der Waals surface area contributed by atoms with E-state index in [1.54, 1.807) is 18.2 Å². The summed E-state index contributed by atoms with van der Waals surface area (Å²) in [5.41, 5.74) is 0.689. The minimum absolute atomic E-state index is 0.523. The van der Waals surface area contributed by atoms with E-state index in [1.807, 2.05) is 6.92 Å². The van der Waals surface area contributed by atoms with Crippen LogP contribution < -0.4 is 5.32 Å². The Kier molecular flexibility index (Phi) is 4.74. The van der Waals surface area contributed by atoms with Gasteiger partial charge in [0.1, 0.15) is 18.2 Å². The zero-order valence-corrected chi connectivity index (χ0v) is 11.9. The van der Waals surface area contributed by atoms with Crippen LogP contribution in [0.4, 0.5) is 5.82 Å². The van der Waals surface area contributed by atoms with Gasteiger partial charge in [0.2, 0.25) is 0 Å². The van der Waals surface area contributed by atoms with E-state index in [2.05, 4.69) is 15.3 Å². The molecule has 0 saturated heterocycles. The predicted molar refractivity (Wildman–Crippen MR) is 79.1 cm³/mol. The highest BCUT2D eigenvalue weighted by Crippen LogP contribution is 2.23. The van der Waals surface area contributed by atoms with Crippen molar-refractivity contribution in [2.75, 3.05) is 5.32 Å². The molecular formula is C14H16ClN3O2. The summed E-state index contributed by atoms with van der Waals surface area (Å²) < 4.78 is 0. The van der Waals surface area contributed by atoms with Gasteiger partial charge in [-0.3, -0.25) is 0 Å². The van der Waals surface area contributed by atoms with E-state index in [0.717, 1.165) is 18.2 Å². The maximum absolute atomic E-state index is 11.3. The third kappa shape index (κ3) is 3.36. The van der Waals surface area contributed by atoms with Gasteiger partial charge in [-0.05, 0) is 24.6 Å². The molecule has 0 aliphatic carbocycles. The van der Waals surface area contributed by atoms with Gasteiger partial charge in [-0.2, -0.15) is 0 Å². The fraction of sp³-hybridized carbons (Fsp3) is 0.357. The van der Waals surface area contributed by atoms with E-state index in [9.17, 15) is 9.90 Å². The van der Waals surface area contributed by atoms with Crippen molar-refractivity contribution in [2.24, 2.45) is 0 Å². The number of nitrogens with one attached hydrogen (secondary N) is 1. The number of anilines is 1. The van der Waals surface area contributed by atoms with Gasteiger partial charge < -0.3 is 10.4 Å². The largest absolute Gasteiger partial charge is 0.480 e. The lowest BCUT2D eigenvalue weighted by Gasteiger charge is -2.15. The van der Waals surface area contributed by atoms with Crippen LogP contribution in [0.25, 0.3) is 10.9 Å². The Morgan fingerprint density at radius 2 is 2.25 bits per heavy atom. The molecule has 1 aromatic carbocycles. The minimum Gasteiger partial charge on any atom is -0.480 e. The SMILES string of the molecule is CCCC[C@H](Nc1ncnc2cc(Cl)ccc12)C(=O)O. The number of aliphatic carboxylic acids is 1. The molecule has 20 heavy (non-hydrogen) atoms. The summed E-state index contributed by atoms with van der Waals surface area (Å²) >= 11 is 5.92. The summed E-state index contributed by atoms with van der Waals surface area (Å²) in [6, 6.07) is 4.61. The average Bonchev–Trinajstić information content (AvgIpc) is 2.42. The number of carbonyl (C=O) groups is 1. The molecule has 0 radical (unpaired) electrons. The summed E-state index contributed by atoms with van der Waals surface area (Å²) in [4.78, 5) is 19.5. The molecule has 106 valence electrons. The summed E-state index contributed by atoms with van der Waals surface area (Å²) in [5, 5.41) is 13.6. The maximum atomic E-state index is 11.3. The molecule has 2 N–H and O–H groups in total. The van der Waals surface area contributed by atoms with E-state index < -0.39 is 12.0 Å². The number of halogens is 1. The maximum Gasteiger partial charge on any atom is 0.326 e. The lowest BCUT2D eigenvalue weighted by Crippen LogP contribution is -2.29. The van der Waals surface area contributed by atoms with Gasteiger partial charge in [-0.15, -0.1) is 0 Å². The molecule has 0 aliphatic rings. The van der Waals surface area contributed by atoms with Gasteiger partial charge in [0, 0.05) is 10.4 Å². The number of carboxylic acid groups (broad SMARTS) is 1. The van der Waals surface area contributed by atoms with E-state index in [1.165, 1.54) is 6.33 Å². The molecule has 0 bridgehead atoms. The minimum atomic E-state index is -0.876. The standard InChI is InChI=1S/C14H16ClN3O2/c1-2-3-4-11(14(19)20)18-13-10-6-5-9(15)7-12(10)16-8-17-13/h5-8,11H,2-4H2,1H3,(H,19,20)(H,16,17,18)/t11-/m0/s1. The number of aromatic nitrogens is 2. The Hall–Kier alpha value is -1.88. The van der Waals surface area contributed by atoms with E-state index in [4.69, 9.17) is 11.6 Å². The number of rotatable bonds is 6. The number of carboxylic acids is 1. The summed E-state index contributed by atoms with van der Waals surface area (Å²) in [6.45, 7) is 2.03. The summed E-state index contributed by atoms with van der Waals surface area (Å²) in [5.74, 6) is -0.352. The first-order valence-electron chi connectivity index (χ1n) is 6.51. The Bertz CT molecular complexity index is 618. The first kappa shape index (κ1) is 14.5. The van der Waals surface area contributed by atoms with Crippen molar-refractivity contribution < 1.29 is 9.90 Å². The van der Waals surface area contributed by atoms with Crippen LogP contribution >= 0.6 is 11.6 Å². The molecule has 5 nitrogen and oxygen atoms in total. The van der Waals surface area contributed by atoms with Crippen molar-refractivity contribution >= 4 is 34.3 Å². The first-order chi connectivity index (χ1) is 9.61. The highest BCUT2D eigenvalue weighted by Gasteiger charge is 2.18. The van der Waals surface area contributed by atoms with Crippen LogP contribution in [0.5, 0.6) is 0 Å². The van der Waals surface area contributed by atoms with Crippen LogP contribution in [0.3, 0.4) is 0 Å². The molecule has 6 heteroatoms. The van der Waals surface area contributed by atoms with Crippen LogP contribution in [0.1, 0.15) is 26.2 Å². The first-order valence-corrected chi connectivity index (χ1v) is 6.89. The molecule has 0 fully saturated rings. The molecule has 1 heterocycles. The number of benzene rings is 1. The van der Waals surface area contributed by atoms with Gasteiger partial charge in [0.15, 0.2) is 0 Å². The second-order valence-corrected chi connectivity index (χ2v) is 5.00. The molecule has 0 saturated carbocycles. The van der Waals surface area contributed by atoms with Crippen LogP contribution in [-0.2, 0) is 4.79 Å². The summed E-state index contributed by atoms with van der Waals surface area (Å²) in [6.07, 6.45) is 3.76. The third-order valence-corrected chi connectivity index (χ3v) is 3.29. The van der Waals surface area contributed by atoms with Gasteiger partial charge in [0.05, 0.1) is 5.52 Å². The van der Waals surface area contributed by atoms with Gasteiger partial charge >= 0.3 is 5.97 Å². The van der Waals surface area contributed by atoms with Crippen molar-refractivity contribution in [3.8, 4) is 0 Å². The van der Waals surface area contributed by atoms with Crippen molar-refractivity contribution in [2.45, 2.75) is 32.2 Å². The topological polar surface area (TPSA) is 75.1 Å². The van der Waals surface area contributed by atoms with Crippen molar-refractivity contribution in [3.05, 3.63) is 29.5 Å². The predicted octanol–water partition coefficient (Wildman–Crippen LogP) is 3.34. The Morgan fingerprint density at radius 3 is 2.95 bits per heavy atom. The molecule has 0 spiro atoms. The Labute approximate surface area is 122 Å². The van der Waals surface area contributed by atoms with Gasteiger partial charge in [-0.25, -0.2) is 14.8 Å². The number of hydrogen-bond donors (Lipinski definition) is 2. The number of fused-ring (bicyclic) bond motifs is 1. The molecule has 0 unspecified atom stereocenters. The molecule has 0 aliphatic heterocycles. The van der Waals surface area contributed by atoms with Crippen LogP contribution in [0, 0.1) is 0 Å². The second kappa shape index (κ2) is 6.52. The van der Waals surface area contributed by atoms with Crippen molar-refractivity contribution in [1.82, 2.24) is 9.97 Å². The van der Waals surface area contributed by atoms with Crippen molar-refractivity contribution in [3.63, 3.8) is 0 Å². The average molecular weight is 294 g/mol. The fourth-order valence-electron chi connectivity index (χ4n) is 1.98. The van der Waals surface area contributed by atoms with Gasteiger partial charge in [-0.1, -0.05) is 31.4 Å². The quantitative estimate of drug-likeness (QED) is 0.854. The lowest BCUT2D eigenvalue weighted by atomic mass is 10.1. The number of unbranched alkanes of at least 4 members (excludes halogenated alkanes) is 1. The molecule has 0 amide bonds. The molecule has 2 aromatic rings. The van der Waals surface area contributed by atoms with Crippen LogP contribution in [0.15, 0.2) is 24.5 Å². The van der Waals surface area contributed by atoms with E-state index >= 15 is 0 Å². The smallest absolute Gasteiger partial charge is 0.326 e. The third-order valence-electron chi connectivity index (χ3n) is 3.05. The Balaban J connectivity index is 2.29. The van der Waals surface area contributed by atoms with Crippen LogP contribution in [-0.4, -0.2) is 27.1 Å². The highest BCUT2D eigenvalue weighted by molar-refractivity contribution is 6.31. The molecule has 1 aromatic heterocycles. The summed E-state index contributed by atoms with van der Waals surface area (Å²) in [7, 11) is 0. The van der Waals surface area contributed by atoms with E-state index in [-0.39, 0.29) is 0 Å². The molecule has 2 rings (SSSR count). The highest BCUT2D eigenvalue weighted by atomic mass is 35.5.